The Labute approximate surface area is 157 Å². The Hall–Kier alpha value is -3.08. The van der Waals surface area contributed by atoms with Crippen LogP contribution in [-0.2, 0) is 0 Å². The molecular formula is C22H21NO4. The second-order valence-corrected chi connectivity index (χ2v) is 6.85. The summed E-state index contributed by atoms with van der Waals surface area (Å²) in [5, 5.41) is 0.512. The van der Waals surface area contributed by atoms with Gasteiger partial charge in [-0.05, 0) is 43.2 Å². The van der Waals surface area contributed by atoms with Gasteiger partial charge in [-0.15, -0.1) is 0 Å². The second-order valence-electron chi connectivity index (χ2n) is 6.85. The maximum Gasteiger partial charge on any atom is 0.290 e. The minimum Gasteiger partial charge on any atom is -0.497 e. The van der Waals surface area contributed by atoms with Crippen LogP contribution in [0.2, 0.25) is 0 Å². The molecule has 0 spiro atoms. The van der Waals surface area contributed by atoms with Gasteiger partial charge >= 0.3 is 0 Å². The maximum absolute atomic E-state index is 13.3. The number of carbonyl (C=O) groups excluding carboxylic acids is 1. The minimum absolute atomic E-state index is 0.136. The third-order valence-electron chi connectivity index (χ3n) is 5.02. The molecule has 27 heavy (non-hydrogen) atoms. The van der Waals surface area contributed by atoms with Crippen LogP contribution in [0.3, 0.4) is 0 Å². The standard InChI is InChI=1S/C22H21NO4/c1-4-11-23-19(14-6-8-15(26-3)9-7-14)18-20(24)16-12-13(2)5-10-17(16)27-21(18)22(23)25/h5-10,12,19H,4,11H2,1-3H3/t19-/m1/s1. The highest BCUT2D eigenvalue weighted by Crippen LogP contribution is 2.38. The van der Waals surface area contributed by atoms with Crippen molar-refractivity contribution in [3.8, 4) is 5.75 Å². The van der Waals surface area contributed by atoms with Crippen molar-refractivity contribution in [2.45, 2.75) is 26.3 Å². The van der Waals surface area contributed by atoms with E-state index in [2.05, 4.69) is 0 Å². The predicted octanol–water partition coefficient (Wildman–Crippen LogP) is 4.07. The molecule has 2 aromatic carbocycles. The van der Waals surface area contributed by atoms with E-state index >= 15 is 0 Å². The monoisotopic (exact) mass is 363 g/mol. The molecule has 5 heteroatoms. The smallest absolute Gasteiger partial charge is 0.290 e. The van der Waals surface area contributed by atoms with Crippen molar-refractivity contribution < 1.29 is 13.9 Å². The van der Waals surface area contributed by atoms with Gasteiger partial charge < -0.3 is 14.1 Å². The number of hydrogen-bond donors (Lipinski definition) is 0. The predicted molar refractivity (Wildman–Crippen MR) is 103 cm³/mol. The lowest BCUT2D eigenvalue weighted by atomic mass is 9.98. The van der Waals surface area contributed by atoms with Crippen LogP contribution in [0.4, 0.5) is 0 Å². The third-order valence-corrected chi connectivity index (χ3v) is 5.02. The molecule has 4 rings (SSSR count). The molecule has 0 fully saturated rings. The van der Waals surface area contributed by atoms with E-state index in [1.54, 1.807) is 18.1 Å². The van der Waals surface area contributed by atoms with Gasteiger partial charge in [0.15, 0.2) is 5.43 Å². The molecule has 5 nitrogen and oxygen atoms in total. The molecule has 1 atom stereocenters. The Morgan fingerprint density at radius 3 is 2.52 bits per heavy atom. The summed E-state index contributed by atoms with van der Waals surface area (Å²) >= 11 is 0. The fraction of sp³-hybridized carbons (Fsp3) is 0.273. The van der Waals surface area contributed by atoms with Crippen molar-refractivity contribution in [1.82, 2.24) is 4.90 Å². The SMILES string of the molecule is CCCN1C(=O)c2oc3ccc(C)cc3c(=O)c2[C@H]1c1ccc(OC)cc1. The molecular weight excluding hydrogens is 342 g/mol. The number of nitrogens with zero attached hydrogens (tertiary/aromatic N) is 1. The fourth-order valence-corrected chi connectivity index (χ4v) is 3.74. The van der Waals surface area contributed by atoms with Crippen LogP contribution in [0.1, 0.15) is 46.6 Å². The minimum atomic E-state index is -0.445. The first-order chi connectivity index (χ1) is 13.0. The van der Waals surface area contributed by atoms with E-state index in [1.807, 2.05) is 50.2 Å². The molecule has 138 valence electrons. The van der Waals surface area contributed by atoms with Gasteiger partial charge in [-0.3, -0.25) is 9.59 Å². The fourth-order valence-electron chi connectivity index (χ4n) is 3.74. The van der Waals surface area contributed by atoms with Gasteiger partial charge in [0.1, 0.15) is 11.3 Å². The largest absolute Gasteiger partial charge is 0.497 e. The van der Waals surface area contributed by atoms with Gasteiger partial charge in [-0.1, -0.05) is 30.7 Å². The number of rotatable bonds is 4. The van der Waals surface area contributed by atoms with Crippen LogP contribution in [0.25, 0.3) is 11.0 Å². The van der Waals surface area contributed by atoms with Crippen LogP contribution < -0.4 is 10.2 Å². The molecule has 1 aromatic heterocycles. The molecule has 0 saturated carbocycles. The number of ether oxygens (including phenoxy) is 1. The van der Waals surface area contributed by atoms with E-state index in [1.165, 1.54) is 0 Å². The summed E-state index contributed by atoms with van der Waals surface area (Å²) < 4.78 is 11.1. The Kier molecular flexibility index (Phi) is 4.22. The Morgan fingerprint density at radius 1 is 1.11 bits per heavy atom. The first kappa shape index (κ1) is 17.3. The van der Waals surface area contributed by atoms with Crippen LogP contribution in [0.5, 0.6) is 5.75 Å². The molecule has 0 radical (unpaired) electrons. The number of aryl methyl sites for hydroxylation is 1. The molecule has 1 aliphatic heterocycles. The van der Waals surface area contributed by atoms with Crippen molar-refractivity contribution in [2.24, 2.45) is 0 Å². The van der Waals surface area contributed by atoms with Crippen molar-refractivity contribution >= 4 is 16.9 Å². The lowest BCUT2D eigenvalue weighted by molar-refractivity contribution is 0.0728. The highest BCUT2D eigenvalue weighted by molar-refractivity contribution is 5.99. The normalized spacial score (nSPS) is 16.0. The topological polar surface area (TPSA) is 59.8 Å². The third kappa shape index (κ3) is 2.70. The summed E-state index contributed by atoms with van der Waals surface area (Å²) in [4.78, 5) is 28.1. The quantitative estimate of drug-likeness (QED) is 0.701. The van der Waals surface area contributed by atoms with Crippen LogP contribution in [-0.4, -0.2) is 24.5 Å². The molecule has 0 unspecified atom stereocenters. The van der Waals surface area contributed by atoms with Gasteiger partial charge in [-0.25, -0.2) is 0 Å². The van der Waals surface area contributed by atoms with Gasteiger partial charge in [-0.2, -0.15) is 0 Å². The lowest BCUT2D eigenvalue weighted by Crippen LogP contribution is -2.30. The van der Waals surface area contributed by atoms with Crippen LogP contribution in [0.15, 0.2) is 51.7 Å². The molecule has 3 aromatic rings. The average Bonchev–Trinajstić information content (AvgIpc) is 2.95. The number of amides is 1. The Morgan fingerprint density at radius 2 is 1.85 bits per heavy atom. The highest BCUT2D eigenvalue weighted by atomic mass is 16.5. The zero-order valence-corrected chi connectivity index (χ0v) is 15.6. The molecule has 2 heterocycles. The van der Waals surface area contributed by atoms with Crippen molar-refractivity contribution in [3.63, 3.8) is 0 Å². The Balaban J connectivity index is 1.97. The molecule has 0 bridgehead atoms. The number of benzene rings is 2. The molecule has 0 aliphatic carbocycles. The summed E-state index contributed by atoms with van der Waals surface area (Å²) in [6, 6.07) is 12.5. The van der Waals surface area contributed by atoms with Gasteiger partial charge in [0.2, 0.25) is 5.76 Å². The first-order valence-corrected chi connectivity index (χ1v) is 9.07. The van der Waals surface area contributed by atoms with Gasteiger partial charge in [0.25, 0.3) is 5.91 Å². The second kappa shape index (κ2) is 6.58. The molecule has 0 N–H and O–H groups in total. The average molecular weight is 363 g/mol. The van der Waals surface area contributed by atoms with Crippen LogP contribution in [0, 0.1) is 6.92 Å². The zero-order valence-electron chi connectivity index (χ0n) is 15.6. The molecule has 1 amide bonds. The van der Waals surface area contributed by atoms with E-state index in [0.717, 1.165) is 23.3 Å². The Bertz CT molecular complexity index is 1080. The highest BCUT2D eigenvalue weighted by Gasteiger charge is 2.42. The molecule has 0 saturated heterocycles. The van der Waals surface area contributed by atoms with E-state index < -0.39 is 6.04 Å². The van der Waals surface area contributed by atoms with Crippen LogP contribution >= 0.6 is 0 Å². The first-order valence-electron chi connectivity index (χ1n) is 9.07. The molecule has 1 aliphatic rings. The van der Waals surface area contributed by atoms with E-state index in [9.17, 15) is 9.59 Å². The lowest BCUT2D eigenvalue weighted by Gasteiger charge is -2.24. The summed E-state index contributed by atoms with van der Waals surface area (Å²) in [5.41, 5.74) is 2.59. The summed E-state index contributed by atoms with van der Waals surface area (Å²) in [7, 11) is 1.61. The van der Waals surface area contributed by atoms with Crippen molar-refractivity contribution in [3.05, 3.63) is 75.1 Å². The van der Waals surface area contributed by atoms with E-state index in [-0.39, 0.29) is 17.1 Å². The number of hydrogen-bond acceptors (Lipinski definition) is 4. The number of methoxy groups -OCH3 is 1. The van der Waals surface area contributed by atoms with E-state index in [0.29, 0.717) is 23.1 Å². The van der Waals surface area contributed by atoms with Crippen molar-refractivity contribution in [2.75, 3.05) is 13.7 Å². The summed E-state index contributed by atoms with van der Waals surface area (Å²) in [6.07, 6.45) is 0.791. The number of fused-ring (bicyclic) bond motifs is 2. The van der Waals surface area contributed by atoms with Gasteiger partial charge in [0, 0.05) is 6.54 Å². The maximum atomic E-state index is 13.3. The summed E-state index contributed by atoms with van der Waals surface area (Å²) in [6.45, 7) is 4.49. The van der Waals surface area contributed by atoms with Gasteiger partial charge in [0.05, 0.1) is 24.1 Å². The zero-order chi connectivity index (χ0) is 19.1. The van der Waals surface area contributed by atoms with Crippen molar-refractivity contribution in [1.29, 1.82) is 0 Å². The summed E-state index contributed by atoms with van der Waals surface area (Å²) in [5.74, 6) is 0.657. The van der Waals surface area contributed by atoms with E-state index in [4.69, 9.17) is 9.15 Å². The number of carbonyl (C=O) groups is 1.